The van der Waals surface area contributed by atoms with Crippen molar-refractivity contribution in [2.24, 2.45) is 0 Å². The zero-order valence-electron chi connectivity index (χ0n) is 8.31. The third kappa shape index (κ3) is 1.64. The molecule has 1 nitrogen and oxygen atoms in total. The number of nitrogens with two attached hydrogens (primary N) is 1. The summed E-state index contributed by atoms with van der Waals surface area (Å²) in [6, 6.07) is 3.98. The van der Waals surface area contributed by atoms with Gasteiger partial charge in [0.1, 0.15) is 0 Å². The third-order valence-corrected chi connectivity index (χ3v) is 3.17. The maximum Gasteiger partial charge on any atom is 0.0638 e. The van der Waals surface area contributed by atoms with Gasteiger partial charge in [-0.15, -0.1) is 0 Å². The van der Waals surface area contributed by atoms with E-state index >= 15 is 0 Å². The highest BCUT2D eigenvalue weighted by Crippen LogP contribution is 2.30. The average molecular weight is 208 g/mol. The van der Waals surface area contributed by atoms with Crippen molar-refractivity contribution in [3.05, 3.63) is 39.9 Å². The first-order valence-corrected chi connectivity index (χ1v) is 5.27. The Balaban J connectivity index is 2.47. The molecule has 0 amide bonds. The monoisotopic (exact) mass is 207 g/mol. The van der Waals surface area contributed by atoms with Crippen molar-refractivity contribution >= 4 is 17.3 Å². The van der Waals surface area contributed by atoms with E-state index in [1.54, 1.807) is 0 Å². The zero-order valence-corrected chi connectivity index (χ0v) is 9.06. The predicted octanol–water partition coefficient (Wildman–Crippen LogP) is 3.36. The largest absolute Gasteiger partial charge is 0.397 e. The van der Waals surface area contributed by atoms with Crippen molar-refractivity contribution in [3.8, 4) is 0 Å². The van der Waals surface area contributed by atoms with E-state index in [-0.39, 0.29) is 0 Å². The van der Waals surface area contributed by atoms with Gasteiger partial charge in [0.05, 0.1) is 10.7 Å². The standard InChI is InChI=1S/C12H14ClN/c1-8-2-4-9-5-7-11(13)12(14)10(9)6-3-8/h2,5,7H,3-4,6,14H2,1H3. The van der Waals surface area contributed by atoms with Crippen LogP contribution in [0.25, 0.3) is 0 Å². The van der Waals surface area contributed by atoms with E-state index in [2.05, 4.69) is 19.1 Å². The molecule has 0 bridgehead atoms. The van der Waals surface area contributed by atoms with Crippen LogP contribution in [0, 0.1) is 0 Å². The molecule has 1 aromatic carbocycles. The van der Waals surface area contributed by atoms with Crippen LogP contribution in [0.1, 0.15) is 24.5 Å². The van der Waals surface area contributed by atoms with Crippen LogP contribution < -0.4 is 5.73 Å². The average Bonchev–Trinajstić information content (AvgIpc) is 2.35. The summed E-state index contributed by atoms with van der Waals surface area (Å²) in [4.78, 5) is 0. The number of hydrogen-bond donors (Lipinski definition) is 1. The summed E-state index contributed by atoms with van der Waals surface area (Å²) in [6.45, 7) is 2.17. The van der Waals surface area contributed by atoms with E-state index in [0.717, 1.165) is 24.9 Å². The summed E-state index contributed by atoms with van der Waals surface area (Å²) in [5, 5.41) is 0.684. The van der Waals surface area contributed by atoms with Crippen molar-refractivity contribution in [2.45, 2.75) is 26.2 Å². The lowest BCUT2D eigenvalue weighted by atomic mass is 10.0. The van der Waals surface area contributed by atoms with Crippen molar-refractivity contribution in [1.82, 2.24) is 0 Å². The fourth-order valence-electron chi connectivity index (χ4n) is 1.88. The van der Waals surface area contributed by atoms with Crippen LogP contribution in [0.2, 0.25) is 5.02 Å². The molecular weight excluding hydrogens is 194 g/mol. The van der Waals surface area contributed by atoms with Crippen LogP contribution in [-0.2, 0) is 12.8 Å². The van der Waals surface area contributed by atoms with E-state index in [1.165, 1.54) is 16.7 Å². The van der Waals surface area contributed by atoms with E-state index < -0.39 is 0 Å². The molecule has 0 aromatic heterocycles. The fourth-order valence-corrected chi connectivity index (χ4v) is 2.05. The van der Waals surface area contributed by atoms with E-state index in [1.807, 2.05) is 6.07 Å². The molecule has 0 saturated heterocycles. The normalized spacial score (nSPS) is 15.7. The molecule has 0 spiro atoms. The molecule has 0 fully saturated rings. The number of fused-ring (bicyclic) bond motifs is 1. The molecule has 1 aliphatic carbocycles. The Labute approximate surface area is 89.6 Å². The van der Waals surface area contributed by atoms with Crippen LogP contribution in [0.15, 0.2) is 23.8 Å². The molecule has 1 aromatic rings. The minimum absolute atomic E-state index is 0.684. The first-order valence-electron chi connectivity index (χ1n) is 4.90. The highest BCUT2D eigenvalue weighted by molar-refractivity contribution is 6.33. The number of nitrogen functional groups attached to an aromatic ring is 1. The van der Waals surface area contributed by atoms with Gasteiger partial charge in [-0.2, -0.15) is 0 Å². The van der Waals surface area contributed by atoms with Gasteiger partial charge in [-0.25, -0.2) is 0 Å². The smallest absolute Gasteiger partial charge is 0.0638 e. The van der Waals surface area contributed by atoms with Gasteiger partial charge in [0, 0.05) is 0 Å². The van der Waals surface area contributed by atoms with E-state index in [0.29, 0.717) is 5.02 Å². The van der Waals surface area contributed by atoms with Crippen LogP contribution in [0.4, 0.5) is 5.69 Å². The van der Waals surface area contributed by atoms with Crippen LogP contribution in [-0.4, -0.2) is 0 Å². The zero-order chi connectivity index (χ0) is 10.1. The molecule has 2 rings (SSSR count). The topological polar surface area (TPSA) is 26.0 Å². The Morgan fingerprint density at radius 1 is 1.29 bits per heavy atom. The third-order valence-electron chi connectivity index (χ3n) is 2.84. The number of allylic oxidation sites excluding steroid dienone is 2. The molecule has 0 unspecified atom stereocenters. The second kappa shape index (κ2) is 3.66. The molecule has 0 radical (unpaired) electrons. The summed E-state index contributed by atoms with van der Waals surface area (Å²) in [5.74, 6) is 0. The summed E-state index contributed by atoms with van der Waals surface area (Å²) >= 11 is 5.99. The second-order valence-corrected chi connectivity index (χ2v) is 4.26. The van der Waals surface area contributed by atoms with Gasteiger partial charge in [-0.3, -0.25) is 0 Å². The maximum absolute atomic E-state index is 5.99. The lowest BCUT2D eigenvalue weighted by Gasteiger charge is -2.10. The summed E-state index contributed by atoms with van der Waals surface area (Å²) in [7, 11) is 0. The van der Waals surface area contributed by atoms with E-state index in [9.17, 15) is 0 Å². The Kier molecular flexibility index (Phi) is 2.51. The first-order chi connectivity index (χ1) is 6.68. The number of rotatable bonds is 0. The minimum atomic E-state index is 0.684. The molecule has 0 saturated carbocycles. The lowest BCUT2D eigenvalue weighted by Crippen LogP contribution is -1.99. The Hall–Kier alpha value is -0.950. The van der Waals surface area contributed by atoms with Gasteiger partial charge < -0.3 is 5.73 Å². The number of hydrogen-bond acceptors (Lipinski definition) is 1. The van der Waals surface area contributed by atoms with Gasteiger partial charge in [-0.05, 0) is 43.4 Å². The predicted molar refractivity (Wildman–Crippen MR) is 61.6 cm³/mol. The summed E-state index contributed by atoms with van der Waals surface area (Å²) < 4.78 is 0. The van der Waals surface area contributed by atoms with Crippen molar-refractivity contribution in [2.75, 3.05) is 5.73 Å². The lowest BCUT2D eigenvalue weighted by molar-refractivity contribution is 0.950. The minimum Gasteiger partial charge on any atom is -0.397 e. The molecule has 14 heavy (non-hydrogen) atoms. The quantitative estimate of drug-likeness (QED) is 0.513. The van der Waals surface area contributed by atoms with Gasteiger partial charge in [0.25, 0.3) is 0 Å². The highest BCUT2D eigenvalue weighted by atomic mass is 35.5. The fraction of sp³-hybridized carbons (Fsp3) is 0.333. The molecule has 0 atom stereocenters. The van der Waals surface area contributed by atoms with Crippen LogP contribution >= 0.6 is 11.6 Å². The van der Waals surface area contributed by atoms with Gasteiger partial charge in [0.15, 0.2) is 0 Å². The van der Waals surface area contributed by atoms with Crippen LogP contribution in [0.3, 0.4) is 0 Å². The number of anilines is 1. The first kappa shape index (κ1) is 9.60. The molecule has 0 heterocycles. The molecule has 2 heteroatoms. The molecule has 1 aliphatic rings. The van der Waals surface area contributed by atoms with Gasteiger partial charge >= 0.3 is 0 Å². The molecule has 0 aliphatic heterocycles. The molecule has 74 valence electrons. The SMILES string of the molecule is CC1=CCc2ccc(Cl)c(N)c2CC1. The Morgan fingerprint density at radius 2 is 2.07 bits per heavy atom. The summed E-state index contributed by atoms with van der Waals surface area (Å²) in [6.07, 6.45) is 5.38. The van der Waals surface area contributed by atoms with Crippen molar-refractivity contribution in [1.29, 1.82) is 0 Å². The molecule has 2 N–H and O–H groups in total. The Bertz CT molecular complexity index is 394. The van der Waals surface area contributed by atoms with Crippen LogP contribution in [0.5, 0.6) is 0 Å². The number of benzene rings is 1. The van der Waals surface area contributed by atoms with Crippen molar-refractivity contribution in [3.63, 3.8) is 0 Å². The highest BCUT2D eigenvalue weighted by Gasteiger charge is 2.11. The Morgan fingerprint density at radius 3 is 2.86 bits per heavy atom. The van der Waals surface area contributed by atoms with Gasteiger partial charge in [-0.1, -0.05) is 29.3 Å². The van der Waals surface area contributed by atoms with E-state index in [4.69, 9.17) is 17.3 Å². The number of halogens is 1. The van der Waals surface area contributed by atoms with Crippen molar-refractivity contribution < 1.29 is 0 Å². The second-order valence-electron chi connectivity index (χ2n) is 3.85. The maximum atomic E-state index is 5.99. The van der Waals surface area contributed by atoms with Gasteiger partial charge in [0.2, 0.25) is 0 Å². The molecular formula is C12H14ClN. The summed E-state index contributed by atoms with van der Waals surface area (Å²) in [5.41, 5.74) is 10.7.